The normalized spacial score (nSPS) is 10.6. The van der Waals surface area contributed by atoms with Crippen molar-refractivity contribution in [3.05, 3.63) is 35.8 Å². The molecule has 0 bridgehead atoms. The van der Waals surface area contributed by atoms with E-state index in [0.717, 1.165) is 28.7 Å². The van der Waals surface area contributed by atoms with Gasteiger partial charge in [0.1, 0.15) is 5.82 Å². The zero-order valence-electron chi connectivity index (χ0n) is 8.84. The van der Waals surface area contributed by atoms with Gasteiger partial charge in [0.05, 0.1) is 5.52 Å². The summed E-state index contributed by atoms with van der Waals surface area (Å²) in [5.41, 5.74) is 2.77. The van der Waals surface area contributed by atoms with Gasteiger partial charge < -0.3 is 5.32 Å². The highest BCUT2D eigenvalue weighted by Gasteiger charge is 2.04. The lowest BCUT2D eigenvalue weighted by Crippen LogP contribution is -1.95. The number of benzene rings is 1. The molecule has 15 heavy (non-hydrogen) atoms. The van der Waals surface area contributed by atoms with Gasteiger partial charge in [-0.15, -0.1) is 0 Å². The molecule has 0 saturated heterocycles. The van der Waals surface area contributed by atoms with Crippen molar-refractivity contribution < 1.29 is 4.39 Å². The average Bonchev–Trinajstić information content (AvgIpc) is 2.27. The smallest absolute Gasteiger partial charge is 0.124 e. The van der Waals surface area contributed by atoms with E-state index in [-0.39, 0.29) is 5.82 Å². The molecule has 2 rings (SSSR count). The van der Waals surface area contributed by atoms with Crippen LogP contribution in [0.5, 0.6) is 0 Å². The number of halogens is 1. The molecular weight excluding hydrogens is 191 g/mol. The fourth-order valence-electron chi connectivity index (χ4n) is 1.64. The van der Waals surface area contributed by atoms with E-state index in [1.54, 1.807) is 6.07 Å². The van der Waals surface area contributed by atoms with Crippen LogP contribution in [0.2, 0.25) is 0 Å². The number of aryl methyl sites for hydroxylation is 1. The number of hydrogen-bond donors (Lipinski definition) is 1. The number of anilines is 1. The van der Waals surface area contributed by atoms with Crippen LogP contribution in [0.15, 0.2) is 24.3 Å². The molecule has 78 valence electrons. The van der Waals surface area contributed by atoms with Crippen molar-refractivity contribution in [3.63, 3.8) is 0 Å². The standard InChI is InChI=1S/C12H13FN2/c1-3-9-7-12(14-2)10-6-8(13)4-5-11(10)15-9/h4-7H,3H2,1-2H3,(H,14,15). The molecule has 0 aliphatic carbocycles. The Kier molecular flexibility index (Phi) is 2.54. The molecule has 3 heteroatoms. The Morgan fingerprint density at radius 3 is 2.80 bits per heavy atom. The van der Waals surface area contributed by atoms with E-state index in [2.05, 4.69) is 17.2 Å². The first-order valence-corrected chi connectivity index (χ1v) is 5.01. The van der Waals surface area contributed by atoms with Crippen molar-refractivity contribution in [2.45, 2.75) is 13.3 Å². The minimum absolute atomic E-state index is 0.231. The zero-order chi connectivity index (χ0) is 10.8. The molecule has 0 radical (unpaired) electrons. The Bertz CT molecular complexity index is 494. The largest absolute Gasteiger partial charge is 0.388 e. The van der Waals surface area contributed by atoms with Crippen LogP contribution < -0.4 is 5.32 Å². The molecule has 1 aromatic heterocycles. The van der Waals surface area contributed by atoms with Gasteiger partial charge in [-0.1, -0.05) is 6.92 Å². The summed E-state index contributed by atoms with van der Waals surface area (Å²) in [5, 5.41) is 3.89. The SMILES string of the molecule is CCc1cc(NC)c2cc(F)ccc2n1. The molecule has 0 aliphatic heterocycles. The van der Waals surface area contributed by atoms with Gasteiger partial charge in [0.25, 0.3) is 0 Å². The number of hydrogen-bond acceptors (Lipinski definition) is 2. The van der Waals surface area contributed by atoms with Crippen LogP contribution in [-0.2, 0) is 6.42 Å². The molecule has 2 nitrogen and oxygen atoms in total. The maximum atomic E-state index is 13.1. The number of aromatic nitrogens is 1. The summed E-state index contributed by atoms with van der Waals surface area (Å²) in [6.07, 6.45) is 0.877. The first-order chi connectivity index (χ1) is 7.24. The minimum Gasteiger partial charge on any atom is -0.388 e. The average molecular weight is 204 g/mol. The Morgan fingerprint density at radius 1 is 1.33 bits per heavy atom. The number of rotatable bonds is 2. The van der Waals surface area contributed by atoms with Gasteiger partial charge >= 0.3 is 0 Å². The number of pyridine rings is 1. The Hall–Kier alpha value is -1.64. The molecule has 0 unspecified atom stereocenters. The molecule has 2 aromatic rings. The molecule has 0 fully saturated rings. The molecule has 0 spiro atoms. The van der Waals surface area contributed by atoms with Crippen LogP contribution in [-0.4, -0.2) is 12.0 Å². The van der Waals surface area contributed by atoms with Crippen LogP contribution in [0.4, 0.5) is 10.1 Å². The highest BCUT2D eigenvalue weighted by Crippen LogP contribution is 2.23. The summed E-state index contributed by atoms with van der Waals surface area (Å²) in [6, 6.07) is 6.62. The van der Waals surface area contributed by atoms with E-state index in [4.69, 9.17) is 0 Å². The quantitative estimate of drug-likeness (QED) is 0.813. The van der Waals surface area contributed by atoms with Crippen molar-refractivity contribution in [1.29, 1.82) is 0 Å². The van der Waals surface area contributed by atoms with Crippen molar-refractivity contribution in [3.8, 4) is 0 Å². The summed E-state index contributed by atoms with van der Waals surface area (Å²) < 4.78 is 13.1. The lowest BCUT2D eigenvalue weighted by atomic mass is 10.1. The molecule has 0 aliphatic rings. The summed E-state index contributed by atoms with van der Waals surface area (Å²) in [7, 11) is 1.83. The molecular formula is C12H13FN2. The summed E-state index contributed by atoms with van der Waals surface area (Å²) >= 11 is 0. The van der Waals surface area contributed by atoms with Crippen molar-refractivity contribution in [2.75, 3.05) is 12.4 Å². The third kappa shape index (κ3) is 1.77. The molecule has 1 heterocycles. The van der Waals surface area contributed by atoms with Crippen LogP contribution in [0.25, 0.3) is 10.9 Å². The van der Waals surface area contributed by atoms with Crippen LogP contribution in [0.3, 0.4) is 0 Å². The molecule has 0 amide bonds. The van der Waals surface area contributed by atoms with Crippen molar-refractivity contribution in [1.82, 2.24) is 4.98 Å². The third-order valence-electron chi connectivity index (χ3n) is 2.46. The predicted octanol–water partition coefficient (Wildman–Crippen LogP) is 2.98. The van der Waals surface area contributed by atoms with Crippen LogP contribution >= 0.6 is 0 Å². The van der Waals surface area contributed by atoms with Gasteiger partial charge in [0.2, 0.25) is 0 Å². The Morgan fingerprint density at radius 2 is 2.13 bits per heavy atom. The second-order valence-electron chi connectivity index (χ2n) is 3.43. The highest BCUT2D eigenvalue weighted by atomic mass is 19.1. The first kappa shape index (κ1) is 9.90. The van der Waals surface area contributed by atoms with E-state index < -0.39 is 0 Å². The number of fused-ring (bicyclic) bond motifs is 1. The van der Waals surface area contributed by atoms with E-state index in [9.17, 15) is 4.39 Å². The van der Waals surface area contributed by atoms with E-state index in [0.29, 0.717) is 0 Å². The van der Waals surface area contributed by atoms with E-state index in [1.807, 2.05) is 13.1 Å². The van der Waals surface area contributed by atoms with Gasteiger partial charge in [-0.2, -0.15) is 0 Å². The fourth-order valence-corrected chi connectivity index (χ4v) is 1.64. The molecule has 1 aromatic carbocycles. The molecule has 0 atom stereocenters. The maximum Gasteiger partial charge on any atom is 0.124 e. The Labute approximate surface area is 88.1 Å². The lowest BCUT2D eigenvalue weighted by Gasteiger charge is -2.08. The van der Waals surface area contributed by atoms with Crippen LogP contribution in [0.1, 0.15) is 12.6 Å². The maximum absolute atomic E-state index is 13.1. The van der Waals surface area contributed by atoms with Gasteiger partial charge in [-0.3, -0.25) is 4.98 Å². The molecule has 1 N–H and O–H groups in total. The van der Waals surface area contributed by atoms with Crippen molar-refractivity contribution >= 4 is 16.6 Å². The van der Waals surface area contributed by atoms with Gasteiger partial charge in [0.15, 0.2) is 0 Å². The van der Waals surface area contributed by atoms with E-state index >= 15 is 0 Å². The van der Waals surface area contributed by atoms with Gasteiger partial charge in [-0.25, -0.2) is 4.39 Å². The minimum atomic E-state index is -0.231. The third-order valence-corrected chi connectivity index (χ3v) is 2.46. The van der Waals surface area contributed by atoms with Crippen LogP contribution in [0, 0.1) is 5.82 Å². The first-order valence-electron chi connectivity index (χ1n) is 5.01. The summed E-state index contributed by atoms with van der Waals surface area (Å²) in [4.78, 5) is 4.44. The number of nitrogens with one attached hydrogen (secondary N) is 1. The predicted molar refractivity (Wildman–Crippen MR) is 60.6 cm³/mol. The highest BCUT2D eigenvalue weighted by molar-refractivity contribution is 5.91. The fraction of sp³-hybridized carbons (Fsp3) is 0.250. The monoisotopic (exact) mass is 204 g/mol. The summed E-state index contributed by atoms with van der Waals surface area (Å²) in [5.74, 6) is -0.231. The molecule has 0 saturated carbocycles. The topological polar surface area (TPSA) is 24.9 Å². The lowest BCUT2D eigenvalue weighted by molar-refractivity contribution is 0.629. The van der Waals surface area contributed by atoms with E-state index in [1.165, 1.54) is 12.1 Å². The number of nitrogens with zero attached hydrogens (tertiary/aromatic N) is 1. The summed E-state index contributed by atoms with van der Waals surface area (Å²) in [6.45, 7) is 2.05. The second-order valence-corrected chi connectivity index (χ2v) is 3.43. The van der Waals surface area contributed by atoms with Gasteiger partial charge in [-0.05, 0) is 30.7 Å². The van der Waals surface area contributed by atoms with Crippen molar-refractivity contribution in [2.24, 2.45) is 0 Å². The zero-order valence-corrected chi connectivity index (χ0v) is 8.84. The second kappa shape index (κ2) is 3.85. The Balaban J connectivity index is 2.75. The van der Waals surface area contributed by atoms with Gasteiger partial charge in [0, 0.05) is 23.8 Å².